The summed E-state index contributed by atoms with van der Waals surface area (Å²) in [4.78, 5) is 31.2. The first-order valence-corrected chi connectivity index (χ1v) is 6.67. The molecule has 1 N–H and O–H groups in total. The molecular weight excluding hydrogens is 303 g/mol. The van der Waals surface area contributed by atoms with Crippen LogP contribution in [-0.4, -0.2) is 51.1 Å². The maximum Gasteiger partial charge on any atom is 0.390 e. The summed E-state index contributed by atoms with van der Waals surface area (Å²) in [5.41, 5.74) is -0.492. The Kier molecular flexibility index (Phi) is 4.62. The third-order valence-electron chi connectivity index (χ3n) is 3.22. The largest absolute Gasteiger partial charge is 0.476 e. The highest BCUT2D eigenvalue weighted by atomic mass is 19.4. The first-order chi connectivity index (χ1) is 10.3. The molecule has 1 aromatic rings. The molecular formula is C13H14F3N3O3. The third kappa shape index (κ3) is 4.68. The minimum atomic E-state index is -4.35. The lowest BCUT2D eigenvalue weighted by Gasteiger charge is -2.22. The van der Waals surface area contributed by atoms with E-state index in [9.17, 15) is 22.8 Å². The second-order valence-corrected chi connectivity index (χ2v) is 5.15. The molecule has 6 nitrogen and oxygen atoms in total. The zero-order chi connectivity index (χ0) is 16.3. The summed E-state index contributed by atoms with van der Waals surface area (Å²) in [5.74, 6) is -1.73. The standard InChI is InChI=1S/C13H14F3N3O3/c14-13(15,16)3-4-19(7-8-1-2-8)11(20)9-5-18-10(6-17-9)12(21)22/h5-6,8H,1-4,7H2,(H,21,22). The number of hydrogen-bond donors (Lipinski definition) is 1. The van der Waals surface area contributed by atoms with Gasteiger partial charge in [-0.2, -0.15) is 13.2 Å². The van der Waals surface area contributed by atoms with Crippen LogP contribution in [0.15, 0.2) is 12.4 Å². The van der Waals surface area contributed by atoms with Gasteiger partial charge in [-0.25, -0.2) is 14.8 Å². The Bertz CT molecular complexity index is 556. The summed E-state index contributed by atoms with van der Waals surface area (Å²) in [6.07, 6.45) is -1.78. The van der Waals surface area contributed by atoms with Gasteiger partial charge < -0.3 is 10.0 Å². The fourth-order valence-corrected chi connectivity index (χ4v) is 1.86. The van der Waals surface area contributed by atoms with Crippen LogP contribution in [0.5, 0.6) is 0 Å². The Morgan fingerprint density at radius 2 is 1.82 bits per heavy atom. The third-order valence-corrected chi connectivity index (χ3v) is 3.22. The molecule has 0 atom stereocenters. The number of carboxylic acids is 1. The lowest BCUT2D eigenvalue weighted by Crippen LogP contribution is -2.36. The van der Waals surface area contributed by atoms with Gasteiger partial charge in [-0.1, -0.05) is 0 Å². The molecule has 1 heterocycles. The van der Waals surface area contributed by atoms with E-state index >= 15 is 0 Å². The van der Waals surface area contributed by atoms with Crippen molar-refractivity contribution in [2.75, 3.05) is 13.1 Å². The zero-order valence-corrected chi connectivity index (χ0v) is 11.5. The summed E-state index contributed by atoms with van der Waals surface area (Å²) in [7, 11) is 0. The molecule has 1 fully saturated rings. The number of aromatic nitrogens is 2. The number of rotatable bonds is 6. The first kappa shape index (κ1) is 16.2. The molecule has 0 aliphatic heterocycles. The fourth-order valence-electron chi connectivity index (χ4n) is 1.86. The highest BCUT2D eigenvalue weighted by Gasteiger charge is 2.32. The van der Waals surface area contributed by atoms with Crippen LogP contribution in [0.1, 0.15) is 40.2 Å². The van der Waals surface area contributed by atoms with Gasteiger partial charge in [0.1, 0.15) is 5.69 Å². The maximum absolute atomic E-state index is 12.3. The van der Waals surface area contributed by atoms with Crippen molar-refractivity contribution in [1.82, 2.24) is 14.9 Å². The van der Waals surface area contributed by atoms with Crippen molar-refractivity contribution in [3.05, 3.63) is 23.8 Å². The molecule has 1 aliphatic carbocycles. The smallest absolute Gasteiger partial charge is 0.390 e. The molecule has 0 unspecified atom stereocenters. The van der Waals surface area contributed by atoms with Crippen molar-refractivity contribution in [2.24, 2.45) is 5.92 Å². The van der Waals surface area contributed by atoms with Crippen LogP contribution in [0.2, 0.25) is 0 Å². The van der Waals surface area contributed by atoms with E-state index in [4.69, 9.17) is 5.11 Å². The minimum Gasteiger partial charge on any atom is -0.476 e. The molecule has 120 valence electrons. The Morgan fingerprint density at radius 3 is 2.27 bits per heavy atom. The maximum atomic E-state index is 12.3. The molecule has 0 radical (unpaired) electrons. The average molecular weight is 317 g/mol. The van der Waals surface area contributed by atoms with Gasteiger partial charge in [-0.05, 0) is 18.8 Å². The van der Waals surface area contributed by atoms with Gasteiger partial charge in [0.05, 0.1) is 18.8 Å². The van der Waals surface area contributed by atoms with Gasteiger partial charge in [-0.15, -0.1) is 0 Å². The Hall–Kier alpha value is -2.19. The second-order valence-electron chi connectivity index (χ2n) is 5.15. The van der Waals surface area contributed by atoms with E-state index in [1.54, 1.807) is 0 Å². The number of alkyl halides is 3. The van der Waals surface area contributed by atoms with Crippen LogP contribution in [0.4, 0.5) is 13.2 Å². The van der Waals surface area contributed by atoms with Gasteiger partial charge in [0, 0.05) is 13.1 Å². The normalized spacial score (nSPS) is 14.7. The first-order valence-electron chi connectivity index (χ1n) is 6.67. The van der Waals surface area contributed by atoms with Gasteiger partial charge in [0.15, 0.2) is 5.69 Å². The van der Waals surface area contributed by atoms with Gasteiger partial charge >= 0.3 is 12.1 Å². The van der Waals surface area contributed by atoms with Crippen molar-refractivity contribution >= 4 is 11.9 Å². The van der Waals surface area contributed by atoms with E-state index in [-0.39, 0.29) is 23.9 Å². The van der Waals surface area contributed by atoms with E-state index in [0.717, 1.165) is 30.1 Å². The molecule has 0 spiro atoms. The van der Waals surface area contributed by atoms with Crippen molar-refractivity contribution in [1.29, 1.82) is 0 Å². The molecule has 22 heavy (non-hydrogen) atoms. The molecule has 0 saturated heterocycles. The number of amides is 1. The Morgan fingerprint density at radius 1 is 1.23 bits per heavy atom. The summed E-state index contributed by atoms with van der Waals surface area (Å²) < 4.78 is 37.0. The van der Waals surface area contributed by atoms with E-state index in [0.29, 0.717) is 0 Å². The molecule has 1 amide bonds. The van der Waals surface area contributed by atoms with Crippen LogP contribution < -0.4 is 0 Å². The van der Waals surface area contributed by atoms with Crippen molar-refractivity contribution in [2.45, 2.75) is 25.4 Å². The predicted molar refractivity (Wildman–Crippen MR) is 68.3 cm³/mol. The minimum absolute atomic E-state index is 0.159. The second kappa shape index (κ2) is 6.29. The van der Waals surface area contributed by atoms with E-state index in [1.807, 2.05) is 0 Å². The van der Waals surface area contributed by atoms with Crippen LogP contribution in [0.3, 0.4) is 0 Å². The summed E-state index contributed by atoms with van der Waals surface area (Å²) in [5, 5.41) is 8.70. The number of nitrogens with zero attached hydrogens (tertiary/aromatic N) is 3. The van der Waals surface area contributed by atoms with Crippen molar-refractivity contribution in [3.8, 4) is 0 Å². The number of carbonyl (C=O) groups excluding carboxylic acids is 1. The number of halogens is 3. The van der Waals surface area contributed by atoms with E-state index in [2.05, 4.69) is 9.97 Å². The topological polar surface area (TPSA) is 83.4 Å². The molecule has 0 aromatic carbocycles. The van der Waals surface area contributed by atoms with Crippen molar-refractivity contribution < 1.29 is 27.9 Å². The lowest BCUT2D eigenvalue weighted by molar-refractivity contribution is -0.136. The van der Waals surface area contributed by atoms with Gasteiger partial charge in [0.25, 0.3) is 5.91 Å². The summed E-state index contributed by atoms with van der Waals surface area (Å²) in [6, 6.07) is 0. The Labute approximate surface area is 124 Å². The molecule has 1 aliphatic rings. The SMILES string of the molecule is O=C(O)c1cnc(C(=O)N(CCC(F)(F)F)CC2CC2)cn1. The average Bonchev–Trinajstić information content (AvgIpc) is 3.26. The quantitative estimate of drug-likeness (QED) is 0.867. The molecule has 0 bridgehead atoms. The van der Waals surface area contributed by atoms with Crippen LogP contribution >= 0.6 is 0 Å². The Balaban J connectivity index is 2.07. The number of aromatic carboxylic acids is 1. The summed E-state index contributed by atoms with van der Waals surface area (Å²) in [6.45, 7) is -0.196. The monoisotopic (exact) mass is 317 g/mol. The van der Waals surface area contributed by atoms with Crippen LogP contribution in [-0.2, 0) is 0 Å². The van der Waals surface area contributed by atoms with Gasteiger partial charge in [-0.3, -0.25) is 4.79 Å². The van der Waals surface area contributed by atoms with E-state index < -0.39 is 31.0 Å². The fraction of sp³-hybridized carbons (Fsp3) is 0.538. The molecule has 2 rings (SSSR count). The predicted octanol–water partition coefficient (Wildman–Crippen LogP) is 1.98. The summed E-state index contributed by atoms with van der Waals surface area (Å²) >= 11 is 0. The van der Waals surface area contributed by atoms with Crippen molar-refractivity contribution in [3.63, 3.8) is 0 Å². The van der Waals surface area contributed by atoms with Crippen LogP contribution in [0.25, 0.3) is 0 Å². The molecule has 1 aromatic heterocycles. The number of carboxylic acid groups (broad SMARTS) is 1. The zero-order valence-electron chi connectivity index (χ0n) is 11.5. The lowest BCUT2D eigenvalue weighted by atomic mass is 10.2. The molecule has 9 heteroatoms. The number of hydrogen-bond acceptors (Lipinski definition) is 4. The van der Waals surface area contributed by atoms with Crippen LogP contribution in [0, 0.1) is 5.92 Å². The number of carbonyl (C=O) groups is 2. The molecule has 1 saturated carbocycles. The highest BCUT2D eigenvalue weighted by molar-refractivity contribution is 5.92. The van der Waals surface area contributed by atoms with E-state index in [1.165, 1.54) is 0 Å². The highest BCUT2D eigenvalue weighted by Crippen LogP contribution is 2.30. The van der Waals surface area contributed by atoms with Gasteiger partial charge in [0.2, 0.25) is 0 Å².